The van der Waals surface area contributed by atoms with Gasteiger partial charge in [0.2, 0.25) is 0 Å². The average molecular weight is 256 g/mol. The molecule has 0 aliphatic heterocycles. The molecule has 1 aromatic rings. The Bertz CT molecular complexity index is 393. The summed E-state index contributed by atoms with van der Waals surface area (Å²) in [5.74, 6) is 0.859. The van der Waals surface area contributed by atoms with Crippen LogP contribution >= 0.6 is 11.6 Å². The molecule has 4 heteroatoms. The lowest BCUT2D eigenvalue weighted by Crippen LogP contribution is -2.23. The van der Waals surface area contributed by atoms with Gasteiger partial charge in [-0.15, -0.1) is 0 Å². The molecule has 0 radical (unpaired) electrons. The van der Waals surface area contributed by atoms with E-state index in [1.165, 1.54) is 10.5 Å². The van der Waals surface area contributed by atoms with Gasteiger partial charge in [0.25, 0.3) is 0 Å². The highest BCUT2D eigenvalue weighted by molar-refractivity contribution is 6.62. The van der Waals surface area contributed by atoms with E-state index in [-0.39, 0.29) is 0 Å². The summed E-state index contributed by atoms with van der Waals surface area (Å²) in [5, 5.41) is -0.435. The van der Waals surface area contributed by atoms with Crippen molar-refractivity contribution in [1.82, 2.24) is 4.90 Å². The number of carbonyl (C=O) groups excluding carboxylic acids is 1. The Balaban J connectivity index is 2.77. The predicted octanol–water partition coefficient (Wildman–Crippen LogP) is 3.09. The van der Waals surface area contributed by atoms with Crippen LogP contribution in [0.15, 0.2) is 18.2 Å². The molecule has 0 unspecified atom stereocenters. The van der Waals surface area contributed by atoms with Crippen molar-refractivity contribution >= 4 is 17.0 Å². The van der Waals surface area contributed by atoms with Crippen LogP contribution in [0.2, 0.25) is 0 Å². The van der Waals surface area contributed by atoms with Crippen molar-refractivity contribution in [3.63, 3.8) is 0 Å². The first-order valence-electron chi connectivity index (χ1n) is 5.64. The monoisotopic (exact) mass is 255 g/mol. The Kier molecular flexibility index (Phi) is 5.29. The number of ether oxygens (including phenoxy) is 1. The molecule has 0 aromatic heterocycles. The highest BCUT2D eigenvalue weighted by Crippen LogP contribution is 2.21. The number of amides is 1. The van der Waals surface area contributed by atoms with E-state index < -0.39 is 5.37 Å². The van der Waals surface area contributed by atoms with Gasteiger partial charge in [0.1, 0.15) is 5.75 Å². The smallest absolute Gasteiger partial charge is 0.316 e. The van der Waals surface area contributed by atoms with Crippen LogP contribution in [-0.2, 0) is 12.8 Å². The van der Waals surface area contributed by atoms with Crippen LogP contribution in [0, 0.1) is 0 Å². The number of carbonyl (C=O) groups is 1. The lowest BCUT2D eigenvalue weighted by Gasteiger charge is -2.15. The van der Waals surface area contributed by atoms with Crippen molar-refractivity contribution in [2.45, 2.75) is 19.8 Å². The Hall–Kier alpha value is -1.22. The summed E-state index contributed by atoms with van der Waals surface area (Å²) in [7, 11) is 3.34. The van der Waals surface area contributed by atoms with E-state index in [9.17, 15) is 4.79 Å². The number of halogens is 1. The number of hydrogen-bond acceptors (Lipinski definition) is 2. The first-order chi connectivity index (χ1) is 8.08. The zero-order valence-corrected chi connectivity index (χ0v) is 11.3. The molecule has 1 rings (SSSR count). The molecule has 0 saturated heterocycles. The molecule has 0 heterocycles. The van der Waals surface area contributed by atoms with Gasteiger partial charge in [0, 0.05) is 13.6 Å². The molecule has 0 saturated carbocycles. The third-order valence-electron chi connectivity index (χ3n) is 2.77. The van der Waals surface area contributed by atoms with E-state index in [4.69, 9.17) is 16.3 Å². The van der Waals surface area contributed by atoms with Crippen molar-refractivity contribution in [3.8, 4) is 5.75 Å². The van der Waals surface area contributed by atoms with Crippen LogP contribution in [0.5, 0.6) is 5.75 Å². The quantitative estimate of drug-likeness (QED) is 0.598. The SMILES string of the molecule is CCc1ccc(OC)c(CCN(C)C(=O)Cl)c1. The summed E-state index contributed by atoms with van der Waals surface area (Å²) in [5.41, 5.74) is 2.37. The molecular weight excluding hydrogens is 238 g/mol. The molecule has 3 nitrogen and oxygen atoms in total. The lowest BCUT2D eigenvalue weighted by molar-refractivity contribution is 0.232. The Morgan fingerprint density at radius 2 is 2.18 bits per heavy atom. The summed E-state index contributed by atoms with van der Waals surface area (Å²) in [6.07, 6.45) is 1.73. The Morgan fingerprint density at radius 1 is 1.47 bits per heavy atom. The maximum absolute atomic E-state index is 10.9. The number of aryl methyl sites for hydroxylation is 1. The van der Waals surface area contributed by atoms with Crippen molar-refractivity contribution in [3.05, 3.63) is 29.3 Å². The van der Waals surface area contributed by atoms with E-state index in [0.717, 1.165) is 24.2 Å². The van der Waals surface area contributed by atoms with Gasteiger partial charge in [-0.2, -0.15) is 0 Å². The Morgan fingerprint density at radius 3 is 2.71 bits per heavy atom. The van der Waals surface area contributed by atoms with Crippen LogP contribution in [-0.4, -0.2) is 31.0 Å². The van der Waals surface area contributed by atoms with Crippen molar-refractivity contribution in [2.24, 2.45) is 0 Å². The molecule has 0 N–H and O–H groups in total. The minimum absolute atomic E-state index is 0.435. The van der Waals surface area contributed by atoms with Crippen molar-refractivity contribution < 1.29 is 9.53 Å². The van der Waals surface area contributed by atoms with Gasteiger partial charge in [-0.25, -0.2) is 0 Å². The number of nitrogens with zero attached hydrogens (tertiary/aromatic N) is 1. The summed E-state index contributed by atoms with van der Waals surface area (Å²) in [4.78, 5) is 12.4. The van der Waals surface area contributed by atoms with E-state index in [0.29, 0.717) is 6.54 Å². The first kappa shape index (κ1) is 13.8. The highest BCUT2D eigenvalue weighted by atomic mass is 35.5. The molecule has 0 spiro atoms. The second-order valence-electron chi connectivity index (χ2n) is 3.92. The molecular formula is C13H18ClNO2. The van der Waals surface area contributed by atoms with Crippen LogP contribution in [0.4, 0.5) is 4.79 Å². The fraction of sp³-hybridized carbons (Fsp3) is 0.462. The second kappa shape index (κ2) is 6.50. The zero-order valence-electron chi connectivity index (χ0n) is 10.5. The summed E-state index contributed by atoms with van der Waals surface area (Å²) >= 11 is 5.38. The van der Waals surface area contributed by atoms with Crippen LogP contribution < -0.4 is 4.74 Å². The zero-order chi connectivity index (χ0) is 12.8. The molecule has 94 valence electrons. The van der Waals surface area contributed by atoms with Gasteiger partial charge in [-0.1, -0.05) is 19.1 Å². The largest absolute Gasteiger partial charge is 0.496 e. The minimum Gasteiger partial charge on any atom is -0.496 e. The van der Waals surface area contributed by atoms with Crippen LogP contribution in [0.1, 0.15) is 18.1 Å². The van der Waals surface area contributed by atoms with Gasteiger partial charge >= 0.3 is 5.37 Å². The van der Waals surface area contributed by atoms with E-state index in [2.05, 4.69) is 19.1 Å². The second-order valence-corrected chi connectivity index (χ2v) is 4.25. The molecule has 0 fully saturated rings. The fourth-order valence-corrected chi connectivity index (χ4v) is 1.71. The van der Waals surface area contributed by atoms with E-state index in [1.807, 2.05) is 6.07 Å². The number of likely N-dealkylation sites (N-methyl/N-ethyl adjacent to an activating group) is 1. The number of hydrogen-bond donors (Lipinski definition) is 0. The normalized spacial score (nSPS) is 10.1. The maximum atomic E-state index is 10.9. The molecule has 1 amide bonds. The van der Waals surface area contributed by atoms with Gasteiger partial charge in [-0.3, -0.25) is 4.79 Å². The Labute approximate surface area is 107 Å². The van der Waals surface area contributed by atoms with Gasteiger partial charge in [0.05, 0.1) is 7.11 Å². The molecule has 17 heavy (non-hydrogen) atoms. The number of methoxy groups -OCH3 is 1. The summed E-state index contributed by atoms with van der Waals surface area (Å²) < 4.78 is 5.30. The number of rotatable bonds is 5. The molecule has 1 aromatic carbocycles. The third-order valence-corrected chi connectivity index (χ3v) is 3.06. The predicted molar refractivity (Wildman–Crippen MR) is 70.0 cm³/mol. The van der Waals surface area contributed by atoms with Gasteiger partial charge < -0.3 is 9.64 Å². The summed E-state index contributed by atoms with van der Waals surface area (Å²) in [6, 6.07) is 6.14. The molecule has 0 aliphatic rings. The number of benzene rings is 1. The maximum Gasteiger partial charge on any atom is 0.316 e. The average Bonchev–Trinajstić information content (AvgIpc) is 2.35. The van der Waals surface area contributed by atoms with Gasteiger partial charge in [0.15, 0.2) is 0 Å². The fourth-order valence-electron chi connectivity index (χ4n) is 1.62. The molecule has 0 bridgehead atoms. The van der Waals surface area contributed by atoms with Crippen molar-refractivity contribution in [1.29, 1.82) is 0 Å². The molecule has 0 atom stereocenters. The minimum atomic E-state index is -0.435. The topological polar surface area (TPSA) is 29.5 Å². The van der Waals surface area contributed by atoms with E-state index >= 15 is 0 Å². The third kappa shape index (κ3) is 3.93. The standard InChI is InChI=1S/C13H18ClNO2/c1-4-10-5-6-12(17-3)11(9-10)7-8-15(2)13(14)16/h5-6,9H,4,7-8H2,1-3H3. The summed E-state index contributed by atoms with van der Waals surface area (Å²) in [6.45, 7) is 2.70. The molecule has 0 aliphatic carbocycles. The highest BCUT2D eigenvalue weighted by Gasteiger charge is 2.08. The lowest BCUT2D eigenvalue weighted by atomic mass is 10.1. The first-order valence-corrected chi connectivity index (χ1v) is 6.02. The van der Waals surface area contributed by atoms with Crippen molar-refractivity contribution in [2.75, 3.05) is 20.7 Å². The van der Waals surface area contributed by atoms with Gasteiger partial charge in [-0.05, 0) is 41.6 Å². The van der Waals surface area contributed by atoms with Crippen LogP contribution in [0.3, 0.4) is 0 Å². The van der Waals surface area contributed by atoms with Crippen LogP contribution in [0.25, 0.3) is 0 Å². The van der Waals surface area contributed by atoms with E-state index in [1.54, 1.807) is 14.2 Å².